The van der Waals surface area contributed by atoms with Crippen molar-refractivity contribution < 1.29 is 18.0 Å². The molecule has 21 heavy (non-hydrogen) atoms. The van der Waals surface area contributed by atoms with Crippen molar-refractivity contribution in [1.82, 2.24) is 15.3 Å². The number of carbonyl (C=O) groups is 1. The van der Waals surface area contributed by atoms with E-state index in [2.05, 4.69) is 20.6 Å². The molecule has 9 heteroatoms. The van der Waals surface area contributed by atoms with Gasteiger partial charge >= 0.3 is 6.18 Å². The summed E-state index contributed by atoms with van der Waals surface area (Å²) in [6, 6.07) is 0.845. The average Bonchev–Trinajstić information content (AvgIpc) is 2.41. The first-order valence-electron chi connectivity index (χ1n) is 6.57. The van der Waals surface area contributed by atoms with Crippen LogP contribution in [0.5, 0.6) is 0 Å². The molecule has 116 valence electrons. The highest BCUT2D eigenvalue weighted by Crippen LogP contribution is 2.30. The fourth-order valence-electron chi connectivity index (χ4n) is 2.08. The van der Waals surface area contributed by atoms with Crippen molar-refractivity contribution in [3.63, 3.8) is 0 Å². The quantitative estimate of drug-likeness (QED) is 0.879. The lowest BCUT2D eigenvalue weighted by atomic mass is 10.2. The van der Waals surface area contributed by atoms with E-state index in [-0.39, 0.29) is 17.5 Å². The van der Waals surface area contributed by atoms with Gasteiger partial charge in [-0.25, -0.2) is 9.97 Å². The van der Waals surface area contributed by atoms with Crippen molar-refractivity contribution in [3.05, 3.63) is 11.9 Å². The smallest absolute Gasteiger partial charge is 0.370 e. The van der Waals surface area contributed by atoms with Crippen molar-refractivity contribution in [2.24, 2.45) is 0 Å². The Bertz CT molecular complexity index is 534. The number of nitrogens with one attached hydrogen (secondary N) is 2. The predicted octanol–water partition coefficient (Wildman–Crippen LogP) is 1.25. The predicted molar refractivity (Wildman–Crippen MR) is 71.0 cm³/mol. The summed E-state index contributed by atoms with van der Waals surface area (Å²) >= 11 is 0. The molecular weight excluding hydrogens is 287 g/mol. The molecule has 6 nitrogen and oxygen atoms in total. The van der Waals surface area contributed by atoms with E-state index in [9.17, 15) is 18.0 Å². The molecule has 2 rings (SSSR count). The second kappa shape index (κ2) is 5.74. The maximum Gasteiger partial charge on any atom is 0.451 e. The van der Waals surface area contributed by atoms with Crippen LogP contribution in [0.15, 0.2) is 6.07 Å². The summed E-state index contributed by atoms with van der Waals surface area (Å²) < 4.78 is 38.6. The number of hydrogen-bond donors (Lipinski definition) is 2. The normalized spacial score (nSPS) is 19.4. The molecule has 1 aliphatic heterocycles. The Kier molecular flexibility index (Phi) is 4.19. The summed E-state index contributed by atoms with van der Waals surface area (Å²) in [4.78, 5) is 20.2. The number of halogens is 3. The highest BCUT2D eigenvalue weighted by Gasteiger charge is 2.37. The number of hydrogen-bond acceptors (Lipinski definition) is 5. The maximum atomic E-state index is 12.9. The number of aromatic nitrogens is 2. The summed E-state index contributed by atoms with van der Waals surface area (Å²) in [6.45, 7) is 4.57. The topological polar surface area (TPSA) is 70.2 Å². The van der Waals surface area contributed by atoms with Gasteiger partial charge < -0.3 is 15.5 Å². The van der Waals surface area contributed by atoms with Crippen LogP contribution in [0, 0.1) is 0 Å². The van der Waals surface area contributed by atoms with Crippen LogP contribution < -0.4 is 15.5 Å². The van der Waals surface area contributed by atoms with Crippen molar-refractivity contribution in [2.75, 3.05) is 29.9 Å². The summed E-state index contributed by atoms with van der Waals surface area (Å²) in [6.07, 6.45) is -4.64. The monoisotopic (exact) mass is 303 g/mol. The molecule has 1 fully saturated rings. The fourth-order valence-corrected chi connectivity index (χ4v) is 2.08. The van der Waals surface area contributed by atoms with Crippen molar-refractivity contribution >= 4 is 17.5 Å². The van der Waals surface area contributed by atoms with Gasteiger partial charge in [0.25, 0.3) is 0 Å². The molecule has 1 saturated heterocycles. The molecule has 1 atom stereocenters. The lowest BCUT2D eigenvalue weighted by Crippen LogP contribution is -2.54. The third kappa shape index (κ3) is 3.34. The summed E-state index contributed by atoms with van der Waals surface area (Å²) in [5.74, 6) is -1.27. The molecule has 0 aromatic carbocycles. The highest BCUT2D eigenvalue weighted by atomic mass is 19.4. The Labute approximate surface area is 119 Å². The lowest BCUT2D eigenvalue weighted by molar-refractivity contribution is -0.144. The molecule has 1 aromatic heterocycles. The van der Waals surface area contributed by atoms with Crippen LogP contribution in [0.3, 0.4) is 0 Å². The Morgan fingerprint density at radius 2 is 2.19 bits per heavy atom. The van der Waals surface area contributed by atoms with E-state index in [0.29, 0.717) is 19.6 Å². The van der Waals surface area contributed by atoms with Gasteiger partial charge in [0.1, 0.15) is 17.7 Å². The number of nitrogens with zero attached hydrogens (tertiary/aromatic N) is 3. The maximum absolute atomic E-state index is 12.9. The molecule has 1 unspecified atom stereocenters. The summed E-state index contributed by atoms with van der Waals surface area (Å²) in [5, 5.41) is 5.40. The zero-order chi connectivity index (χ0) is 15.6. The number of alkyl halides is 3. The minimum Gasteiger partial charge on any atom is -0.370 e. The first-order valence-corrected chi connectivity index (χ1v) is 6.57. The molecule has 1 aliphatic rings. The van der Waals surface area contributed by atoms with Crippen LogP contribution in [0.2, 0.25) is 0 Å². The second-order valence-electron chi connectivity index (χ2n) is 4.62. The van der Waals surface area contributed by atoms with Gasteiger partial charge in [0.05, 0.1) is 0 Å². The number of carbonyl (C=O) groups excluding carboxylic acids is 1. The van der Waals surface area contributed by atoms with Gasteiger partial charge in [-0.2, -0.15) is 13.2 Å². The van der Waals surface area contributed by atoms with E-state index >= 15 is 0 Å². The van der Waals surface area contributed by atoms with E-state index in [1.165, 1.54) is 11.0 Å². The van der Waals surface area contributed by atoms with E-state index in [0.717, 1.165) is 0 Å². The minimum atomic E-state index is -4.64. The third-order valence-corrected chi connectivity index (χ3v) is 3.12. The van der Waals surface area contributed by atoms with Gasteiger partial charge in [-0.05, 0) is 13.8 Å². The molecule has 2 N–H and O–H groups in total. The zero-order valence-electron chi connectivity index (χ0n) is 11.7. The standard InChI is InChI=1S/C12H16F3N5O/c1-3-16-8-6-9(19-11(18-8)12(13,14)15)20-5-4-17-10(21)7(20)2/h6-7H,3-5H2,1-2H3,(H,17,21)(H,16,18,19). The molecule has 0 bridgehead atoms. The first-order chi connectivity index (χ1) is 9.82. The van der Waals surface area contributed by atoms with Crippen molar-refractivity contribution in [2.45, 2.75) is 26.1 Å². The molecule has 0 saturated carbocycles. The Morgan fingerprint density at radius 1 is 1.48 bits per heavy atom. The Hall–Kier alpha value is -2.06. The second-order valence-corrected chi connectivity index (χ2v) is 4.62. The van der Waals surface area contributed by atoms with Crippen LogP contribution >= 0.6 is 0 Å². The van der Waals surface area contributed by atoms with Crippen LogP contribution in [-0.2, 0) is 11.0 Å². The van der Waals surface area contributed by atoms with Crippen LogP contribution in [0.1, 0.15) is 19.7 Å². The van der Waals surface area contributed by atoms with Gasteiger partial charge in [-0.3, -0.25) is 4.79 Å². The van der Waals surface area contributed by atoms with E-state index in [1.807, 2.05) is 0 Å². The fraction of sp³-hybridized carbons (Fsp3) is 0.583. The largest absolute Gasteiger partial charge is 0.451 e. The number of rotatable bonds is 3. The number of anilines is 2. The van der Waals surface area contributed by atoms with Gasteiger partial charge in [0.15, 0.2) is 0 Å². The van der Waals surface area contributed by atoms with Gasteiger partial charge in [-0.1, -0.05) is 0 Å². The molecule has 1 amide bonds. The zero-order valence-corrected chi connectivity index (χ0v) is 11.7. The summed E-state index contributed by atoms with van der Waals surface area (Å²) in [5.41, 5.74) is 0. The molecule has 0 radical (unpaired) electrons. The minimum absolute atomic E-state index is 0.0907. The number of piperazine rings is 1. The summed E-state index contributed by atoms with van der Waals surface area (Å²) in [7, 11) is 0. The lowest BCUT2D eigenvalue weighted by Gasteiger charge is -2.34. The molecule has 0 spiro atoms. The van der Waals surface area contributed by atoms with Crippen LogP contribution in [0.25, 0.3) is 0 Å². The van der Waals surface area contributed by atoms with E-state index in [1.54, 1.807) is 13.8 Å². The van der Waals surface area contributed by atoms with E-state index < -0.39 is 18.0 Å². The SMILES string of the molecule is CCNc1cc(N2CCNC(=O)C2C)nc(C(F)(F)F)n1. The van der Waals surface area contributed by atoms with Crippen LogP contribution in [0.4, 0.5) is 24.8 Å². The molecule has 2 heterocycles. The molecule has 0 aliphatic carbocycles. The van der Waals surface area contributed by atoms with Gasteiger partial charge in [0.2, 0.25) is 11.7 Å². The molecular formula is C12H16F3N5O. The Balaban J connectivity index is 2.42. The Morgan fingerprint density at radius 3 is 2.81 bits per heavy atom. The highest BCUT2D eigenvalue weighted by molar-refractivity contribution is 5.85. The van der Waals surface area contributed by atoms with E-state index in [4.69, 9.17) is 0 Å². The van der Waals surface area contributed by atoms with Crippen molar-refractivity contribution in [1.29, 1.82) is 0 Å². The molecule has 1 aromatic rings. The van der Waals surface area contributed by atoms with Crippen LogP contribution in [-0.4, -0.2) is 41.6 Å². The first kappa shape index (κ1) is 15.3. The van der Waals surface area contributed by atoms with Crippen molar-refractivity contribution in [3.8, 4) is 0 Å². The third-order valence-electron chi connectivity index (χ3n) is 3.12. The number of amides is 1. The average molecular weight is 303 g/mol. The van der Waals surface area contributed by atoms with Gasteiger partial charge in [-0.15, -0.1) is 0 Å². The van der Waals surface area contributed by atoms with Gasteiger partial charge in [0, 0.05) is 25.7 Å².